The third-order valence-electron chi connectivity index (χ3n) is 3.44. The highest BCUT2D eigenvalue weighted by Crippen LogP contribution is 2.39. The Labute approximate surface area is 171 Å². The molecule has 0 aliphatic heterocycles. The van der Waals surface area contributed by atoms with Crippen molar-refractivity contribution in [3.63, 3.8) is 0 Å². The summed E-state index contributed by atoms with van der Waals surface area (Å²) in [4.78, 5) is 0. The molecule has 0 amide bonds. The average molecular weight is 445 g/mol. The molecule has 0 fully saturated rings. The molecule has 2 aromatic rings. The van der Waals surface area contributed by atoms with Gasteiger partial charge in [-0.15, -0.1) is 25.6 Å². The summed E-state index contributed by atoms with van der Waals surface area (Å²) in [6, 6.07) is 6.80. The van der Waals surface area contributed by atoms with Crippen LogP contribution in [-0.2, 0) is 6.54 Å². The Morgan fingerprint density at radius 1 is 1.04 bits per heavy atom. The molecule has 150 valence electrons. The number of phenols is 1. The lowest BCUT2D eigenvalue weighted by Gasteiger charge is -2.22. The third kappa shape index (κ3) is 6.96. The van der Waals surface area contributed by atoms with Crippen LogP contribution < -0.4 is 10.1 Å². The first-order valence-corrected chi connectivity index (χ1v) is 8.43. The van der Waals surface area contributed by atoms with E-state index in [1.165, 1.54) is 12.1 Å². The number of benzene rings is 2. The Kier molecular flexibility index (Phi) is 7.70. The molecule has 9 heteroatoms. The predicted octanol–water partition coefficient (Wildman–Crippen LogP) is 6.57. The van der Waals surface area contributed by atoms with E-state index in [4.69, 9.17) is 23.2 Å². The number of aromatic hydroxyl groups is 1. The van der Waals surface area contributed by atoms with Crippen molar-refractivity contribution in [2.24, 2.45) is 0 Å². The number of hydrogen-bond donors (Lipinski definition) is 2. The van der Waals surface area contributed by atoms with E-state index in [1.807, 2.05) is 20.8 Å². The first-order valence-electron chi connectivity index (χ1n) is 7.68. The lowest BCUT2D eigenvalue weighted by atomic mass is 10.00. The normalized spacial score (nSPS) is 11.9. The van der Waals surface area contributed by atoms with Crippen LogP contribution in [0.5, 0.6) is 11.5 Å². The Balaban J connectivity index is 0.00000364. The lowest BCUT2D eigenvalue weighted by Crippen LogP contribution is -2.35. The van der Waals surface area contributed by atoms with Gasteiger partial charge in [0.05, 0.1) is 10.0 Å². The van der Waals surface area contributed by atoms with Gasteiger partial charge in [-0.05, 0) is 50.6 Å². The second-order valence-electron chi connectivity index (χ2n) is 6.76. The van der Waals surface area contributed by atoms with Gasteiger partial charge in [-0.25, -0.2) is 0 Å². The van der Waals surface area contributed by atoms with Crippen molar-refractivity contribution in [1.29, 1.82) is 0 Å². The third-order valence-corrected chi connectivity index (χ3v) is 4.17. The van der Waals surface area contributed by atoms with Crippen molar-refractivity contribution in [1.82, 2.24) is 5.32 Å². The number of ether oxygens (including phenoxy) is 1. The Morgan fingerprint density at radius 3 is 2.19 bits per heavy atom. The minimum Gasteiger partial charge on any atom is -0.507 e. The highest BCUT2D eigenvalue weighted by atomic mass is 35.5. The van der Waals surface area contributed by atoms with E-state index >= 15 is 0 Å². The van der Waals surface area contributed by atoms with Gasteiger partial charge in [0, 0.05) is 23.2 Å². The molecule has 0 saturated heterocycles. The number of rotatable bonds is 4. The van der Waals surface area contributed by atoms with Gasteiger partial charge in [-0.1, -0.05) is 29.3 Å². The largest absolute Gasteiger partial charge is 0.573 e. The number of phenolic OH excluding ortho intramolecular Hbond substituents is 1. The second kappa shape index (κ2) is 8.78. The van der Waals surface area contributed by atoms with E-state index in [0.717, 1.165) is 12.1 Å². The zero-order valence-corrected chi connectivity index (χ0v) is 17.1. The number of halogens is 6. The smallest absolute Gasteiger partial charge is 0.507 e. The van der Waals surface area contributed by atoms with E-state index in [2.05, 4.69) is 10.1 Å². The highest BCUT2D eigenvalue weighted by molar-refractivity contribution is 6.42. The molecular formula is C18H19Cl3F3NO2. The number of nitrogens with one attached hydrogen (secondary N) is 1. The molecule has 2 aromatic carbocycles. The first kappa shape index (κ1) is 23.7. The number of alkyl halides is 3. The molecule has 0 heterocycles. The van der Waals surface area contributed by atoms with Crippen LogP contribution in [0.4, 0.5) is 13.2 Å². The van der Waals surface area contributed by atoms with Crippen molar-refractivity contribution in [2.75, 3.05) is 0 Å². The summed E-state index contributed by atoms with van der Waals surface area (Å²) in [5.41, 5.74) is 0.553. The second-order valence-corrected chi connectivity index (χ2v) is 7.57. The molecule has 2 rings (SSSR count). The maximum absolute atomic E-state index is 12.7. The SMILES string of the molecule is CC(C)(C)NCc1cc(OC(F)(F)F)cc(-c2ccc(Cl)c(Cl)c2)c1O.Cl. The van der Waals surface area contributed by atoms with Crippen LogP contribution in [0.25, 0.3) is 11.1 Å². The van der Waals surface area contributed by atoms with Gasteiger partial charge in [-0.2, -0.15) is 0 Å². The van der Waals surface area contributed by atoms with Gasteiger partial charge in [0.1, 0.15) is 11.5 Å². The predicted molar refractivity (Wildman–Crippen MR) is 104 cm³/mol. The molecule has 2 N–H and O–H groups in total. The summed E-state index contributed by atoms with van der Waals surface area (Å²) in [6.07, 6.45) is -4.85. The molecule has 0 spiro atoms. The molecule has 0 aromatic heterocycles. The van der Waals surface area contributed by atoms with E-state index < -0.39 is 12.1 Å². The molecular weight excluding hydrogens is 426 g/mol. The van der Waals surface area contributed by atoms with Crippen molar-refractivity contribution in [3.05, 3.63) is 45.9 Å². The molecule has 0 unspecified atom stereocenters. The molecule has 0 radical (unpaired) electrons. The Morgan fingerprint density at radius 2 is 1.67 bits per heavy atom. The number of hydrogen-bond acceptors (Lipinski definition) is 3. The monoisotopic (exact) mass is 443 g/mol. The fourth-order valence-corrected chi connectivity index (χ4v) is 2.53. The van der Waals surface area contributed by atoms with Gasteiger partial charge < -0.3 is 15.2 Å². The van der Waals surface area contributed by atoms with Gasteiger partial charge in [-0.3, -0.25) is 0 Å². The van der Waals surface area contributed by atoms with E-state index in [1.54, 1.807) is 6.07 Å². The summed E-state index contributed by atoms with van der Waals surface area (Å²) in [6.45, 7) is 5.86. The average Bonchev–Trinajstić information content (AvgIpc) is 2.48. The molecule has 0 atom stereocenters. The van der Waals surface area contributed by atoms with Gasteiger partial charge in [0.25, 0.3) is 0 Å². The summed E-state index contributed by atoms with van der Waals surface area (Å²) in [5.74, 6) is -0.586. The van der Waals surface area contributed by atoms with Crippen molar-refractivity contribution < 1.29 is 23.0 Å². The summed E-state index contributed by atoms with van der Waals surface area (Å²) >= 11 is 11.9. The van der Waals surface area contributed by atoms with Crippen molar-refractivity contribution in [3.8, 4) is 22.6 Å². The standard InChI is InChI=1S/C18H18Cl2F3NO2.ClH/c1-17(2,3)24-9-11-6-12(26-18(21,22)23)8-13(16(11)25)10-4-5-14(19)15(20)7-10;/h4-8,24-25H,9H2,1-3H3;1H. The molecule has 0 aliphatic rings. The summed E-state index contributed by atoms with van der Waals surface area (Å²) in [5, 5.41) is 14.2. The highest BCUT2D eigenvalue weighted by Gasteiger charge is 2.32. The van der Waals surface area contributed by atoms with E-state index in [9.17, 15) is 18.3 Å². The quantitative estimate of drug-likeness (QED) is 0.560. The maximum atomic E-state index is 12.7. The van der Waals surface area contributed by atoms with Gasteiger partial charge >= 0.3 is 6.36 Å². The summed E-state index contributed by atoms with van der Waals surface area (Å²) in [7, 11) is 0. The van der Waals surface area contributed by atoms with Crippen molar-refractivity contribution >= 4 is 35.6 Å². The molecule has 27 heavy (non-hydrogen) atoms. The minimum atomic E-state index is -4.85. The van der Waals surface area contributed by atoms with E-state index in [-0.39, 0.29) is 46.4 Å². The zero-order valence-electron chi connectivity index (χ0n) is 14.7. The lowest BCUT2D eigenvalue weighted by molar-refractivity contribution is -0.274. The maximum Gasteiger partial charge on any atom is 0.573 e. The molecule has 0 saturated carbocycles. The van der Waals surface area contributed by atoms with Crippen LogP contribution in [0, 0.1) is 0 Å². The van der Waals surface area contributed by atoms with Crippen LogP contribution in [0.1, 0.15) is 26.3 Å². The van der Waals surface area contributed by atoms with E-state index in [0.29, 0.717) is 10.6 Å². The molecule has 3 nitrogen and oxygen atoms in total. The van der Waals surface area contributed by atoms with Crippen LogP contribution in [0.15, 0.2) is 30.3 Å². The van der Waals surface area contributed by atoms with Gasteiger partial charge in [0.15, 0.2) is 0 Å². The fourth-order valence-electron chi connectivity index (χ4n) is 2.24. The fraction of sp³-hybridized carbons (Fsp3) is 0.333. The Hall–Kier alpha value is -1.34. The topological polar surface area (TPSA) is 41.5 Å². The van der Waals surface area contributed by atoms with Crippen LogP contribution in [-0.4, -0.2) is 17.0 Å². The van der Waals surface area contributed by atoms with Crippen LogP contribution in [0.2, 0.25) is 10.0 Å². The summed E-state index contributed by atoms with van der Waals surface area (Å²) < 4.78 is 42.0. The molecule has 0 bridgehead atoms. The zero-order chi connectivity index (χ0) is 19.7. The van der Waals surface area contributed by atoms with Crippen molar-refractivity contribution in [2.45, 2.75) is 39.2 Å². The Bertz CT molecular complexity index is 806. The van der Waals surface area contributed by atoms with Crippen LogP contribution >= 0.6 is 35.6 Å². The van der Waals surface area contributed by atoms with Gasteiger partial charge in [0.2, 0.25) is 0 Å². The minimum absolute atomic E-state index is 0. The molecule has 0 aliphatic carbocycles. The van der Waals surface area contributed by atoms with Crippen LogP contribution in [0.3, 0.4) is 0 Å². The first-order chi connectivity index (χ1) is 11.9.